The average molecular weight is 303 g/mol. The van der Waals surface area contributed by atoms with E-state index in [-0.39, 0.29) is 89.4 Å². The van der Waals surface area contributed by atoms with Gasteiger partial charge in [0.15, 0.2) is 0 Å². The summed E-state index contributed by atoms with van der Waals surface area (Å²) >= 11 is 0. The molecule has 0 aliphatic heterocycles. The third-order valence-corrected chi connectivity index (χ3v) is 0. The van der Waals surface area contributed by atoms with E-state index in [1.54, 1.807) is 0 Å². The van der Waals surface area contributed by atoms with Gasteiger partial charge in [-0.1, -0.05) is 0 Å². The second-order valence-corrected chi connectivity index (χ2v) is 0. The molecule has 0 amide bonds. The first-order valence-corrected chi connectivity index (χ1v) is 0. The Kier molecular flexibility index (Phi) is 49500. The first-order chi connectivity index (χ1) is 0. The minimum Gasteiger partial charge on any atom is -0.870 e. The van der Waals surface area contributed by atoms with Gasteiger partial charge in [0.05, 0.1) is 0 Å². The fourth-order valence-electron chi connectivity index (χ4n) is 0. The third-order valence-electron chi connectivity index (χ3n) is 0. The van der Waals surface area contributed by atoms with Crippen LogP contribution in [0.25, 0.3) is 0 Å². The van der Waals surface area contributed by atoms with E-state index in [0.717, 1.165) is 0 Å². The van der Waals surface area contributed by atoms with Gasteiger partial charge in [-0.25, -0.2) is 0 Å². The van der Waals surface area contributed by atoms with Crippen molar-refractivity contribution in [3.8, 4) is 0 Å². The first kappa shape index (κ1) is 817. The molecule has 0 bridgehead atoms. The van der Waals surface area contributed by atoms with Crippen LogP contribution in [0.5, 0.6) is 0 Å². The molecule has 10 heteroatoms. The Bertz CT molecular complexity index is 9.22. The smallest absolute Gasteiger partial charge is 0.870 e. The van der Waals surface area contributed by atoms with E-state index in [1.165, 1.54) is 0 Å². The van der Waals surface area contributed by atoms with E-state index in [0.29, 0.717) is 0 Å². The van der Waals surface area contributed by atoms with Gasteiger partial charge in [0.2, 0.25) is 0 Å². The molecule has 0 radical (unpaired) electrons. The van der Waals surface area contributed by atoms with Gasteiger partial charge in [-0.05, 0) is 0 Å². The van der Waals surface area contributed by atoms with Gasteiger partial charge in [-0.15, -0.1) is 0 Å². The molecule has 0 aliphatic rings. The topological polar surface area (TPSA) is 240 Å². The molecule has 0 unspecified atom stereocenters. The van der Waals surface area contributed by atoms with Crippen molar-refractivity contribution in [2.24, 2.45) is 0 Å². The third kappa shape index (κ3) is 434. The van der Waals surface area contributed by atoms with Crippen molar-refractivity contribution in [3.63, 3.8) is 0 Å². The maximum atomic E-state index is 0. The summed E-state index contributed by atoms with van der Waals surface area (Å²) in [6, 6.07) is 0. The maximum absolute atomic E-state index is 0. The summed E-state index contributed by atoms with van der Waals surface area (Å²) in [5.74, 6) is 0. The zero-order chi connectivity index (χ0) is 0. The largest absolute Gasteiger partial charge is 4.00 e. The zero-order valence-electron chi connectivity index (χ0n) is 4.58. The van der Waals surface area contributed by atoms with E-state index >= 15 is 0 Å². The Balaban J connectivity index is 0. The van der Waals surface area contributed by atoms with Crippen LogP contribution in [0.1, 0.15) is 0 Å². The van der Waals surface area contributed by atoms with Crippen LogP contribution in [0.2, 0.25) is 0 Å². The standard InChI is InChI=1S/8H2O.Sn.Ti/h8*1H2;;/q;;;;;;;;2*+4/p-8. The Labute approximate surface area is 89.3 Å². The van der Waals surface area contributed by atoms with Crippen molar-refractivity contribution in [1.29, 1.82) is 0 Å². The van der Waals surface area contributed by atoms with Crippen molar-refractivity contribution in [2.45, 2.75) is 0 Å². The monoisotopic (exact) mass is 304 g/mol. The summed E-state index contributed by atoms with van der Waals surface area (Å²) in [6.45, 7) is 0. The molecular formula is H8O8SnTi. The van der Waals surface area contributed by atoms with E-state index in [2.05, 4.69) is 0 Å². The van der Waals surface area contributed by atoms with Crippen molar-refractivity contribution >= 4 is 23.9 Å². The van der Waals surface area contributed by atoms with Crippen LogP contribution in [-0.2, 0) is 21.7 Å². The molecule has 0 spiro atoms. The fourth-order valence-corrected chi connectivity index (χ4v) is 0. The minimum atomic E-state index is 0. The van der Waals surface area contributed by atoms with Gasteiger partial charge >= 0.3 is 45.6 Å². The van der Waals surface area contributed by atoms with E-state index < -0.39 is 0 Å². The Morgan fingerprint density at radius 2 is 0.300 bits per heavy atom. The predicted molar refractivity (Wildman–Crippen MR) is 21.2 cm³/mol. The summed E-state index contributed by atoms with van der Waals surface area (Å²) in [5, 5.41) is 0. The molecule has 8 nitrogen and oxygen atoms in total. The first-order valence-electron chi connectivity index (χ1n) is 0. The van der Waals surface area contributed by atoms with Crippen molar-refractivity contribution in [1.82, 2.24) is 0 Å². The molecule has 0 aromatic heterocycles. The summed E-state index contributed by atoms with van der Waals surface area (Å²) in [5.41, 5.74) is 0. The van der Waals surface area contributed by atoms with Crippen molar-refractivity contribution < 1.29 is 65.5 Å². The Morgan fingerprint density at radius 3 is 0.300 bits per heavy atom. The van der Waals surface area contributed by atoms with Gasteiger partial charge in [0.25, 0.3) is 0 Å². The van der Waals surface area contributed by atoms with Crippen LogP contribution in [-0.4, -0.2) is 67.7 Å². The van der Waals surface area contributed by atoms with Gasteiger partial charge in [-0.3, -0.25) is 0 Å². The van der Waals surface area contributed by atoms with Crippen LogP contribution in [0.3, 0.4) is 0 Å². The quantitative estimate of drug-likeness (QED) is 0.461. The molecule has 0 fully saturated rings. The van der Waals surface area contributed by atoms with E-state index in [9.17, 15) is 0 Å². The average Bonchev–Trinajstić information content (AvgIpc) is 0. The molecular weight excluding hydrogens is 295 g/mol. The predicted octanol–water partition coefficient (Wildman–Crippen LogP) is -1.80. The summed E-state index contributed by atoms with van der Waals surface area (Å²) in [6.07, 6.45) is 0. The summed E-state index contributed by atoms with van der Waals surface area (Å²) in [7, 11) is 0. The second kappa shape index (κ2) is 605. The van der Waals surface area contributed by atoms with Crippen LogP contribution < -0.4 is 0 Å². The van der Waals surface area contributed by atoms with Crippen LogP contribution >= 0.6 is 0 Å². The molecule has 0 saturated carbocycles. The molecule has 0 heterocycles. The molecule has 0 aromatic carbocycles. The number of rotatable bonds is 0. The van der Waals surface area contributed by atoms with Gasteiger partial charge < -0.3 is 43.8 Å². The SMILES string of the molecule is [OH-].[OH-].[OH-].[OH-].[OH-].[OH-].[OH-].[OH-].[Sn+4].[Ti+4]. The molecule has 8 N–H and O–H groups in total. The second-order valence-electron chi connectivity index (χ2n) is 0. The van der Waals surface area contributed by atoms with Crippen LogP contribution in [0.4, 0.5) is 0 Å². The van der Waals surface area contributed by atoms with E-state index in [4.69, 9.17) is 0 Å². The van der Waals surface area contributed by atoms with Crippen molar-refractivity contribution in [3.05, 3.63) is 0 Å². The van der Waals surface area contributed by atoms with Crippen LogP contribution in [0, 0.1) is 0 Å². The van der Waals surface area contributed by atoms with Gasteiger partial charge in [0.1, 0.15) is 0 Å². The Hall–Kier alpha value is 1.19. The molecule has 0 aliphatic carbocycles. The normalized spacial score (nSPS) is 0. The molecule has 0 atom stereocenters. The molecule has 64 valence electrons. The molecule has 0 aromatic rings. The summed E-state index contributed by atoms with van der Waals surface area (Å²) in [4.78, 5) is 0. The fraction of sp³-hybridized carbons (Fsp3) is 0. The van der Waals surface area contributed by atoms with Crippen LogP contribution in [0.15, 0.2) is 0 Å². The molecule has 0 saturated heterocycles. The maximum Gasteiger partial charge on any atom is 4.00 e. The summed E-state index contributed by atoms with van der Waals surface area (Å²) < 4.78 is 0. The van der Waals surface area contributed by atoms with E-state index in [1.807, 2.05) is 0 Å². The molecule has 10 heavy (non-hydrogen) atoms. The van der Waals surface area contributed by atoms with Gasteiger partial charge in [-0.2, -0.15) is 0 Å². The number of hydrogen-bond acceptors (Lipinski definition) is 8. The Morgan fingerprint density at radius 1 is 0.300 bits per heavy atom. The zero-order valence-corrected chi connectivity index (χ0v) is 8.99. The van der Waals surface area contributed by atoms with Crippen molar-refractivity contribution in [2.75, 3.05) is 0 Å². The molecule has 0 rings (SSSR count). The van der Waals surface area contributed by atoms with Gasteiger partial charge in [0, 0.05) is 0 Å². The minimum absolute atomic E-state index is 0. The number of hydrogen-bond donors (Lipinski definition) is 0.